The molecular formula is C13H14ClFN2O4. The molecule has 1 atom stereocenters. The second-order valence-electron chi connectivity index (χ2n) is 4.58. The Bertz CT molecular complexity index is 555. The molecule has 1 unspecified atom stereocenters. The van der Waals surface area contributed by atoms with Gasteiger partial charge < -0.3 is 15.2 Å². The number of benzene rings is 1. The summed E-state index contributed by atoms with van der Waals surface area (Å²) in [5.74, 6) is -2.01. The van der Waals surface area contributed by atoms with Crippen molar-refractivity contribution in [1.29, 1.82) is 0 Å². The van der Waals surface area contributed by atoms with Crippen LogP contribution in [0.3, 0.4) is 0 Å². The lowest BCUT2D eigenvalue weighted by Gasteiger charge is -2.32. The van der Waals surface area contributed by atoms with Crippen LogP contribution in [0.2, 0.25) is 5.02 Å². The van der Waals surface area contributed by atoms with Gasteiger partial charge in [-0.05, 0) is 18.2 Å². The Kier molecular flexibility index (Phi) is 5.11. The third kappa shape index (κ3) is 4.13. The van der Waals surface area contributed by atoms with E-state index in [1.165, 1.54) is 17.0 Å². The molecule has 1 aliphatic heterocycles. The number of amides is 1. The zero-order valence-electron chi connectivity index (χ0n) is 11.0. The molecule has 1 aromatic rings. The second kappa shape index (κ2) is 6.84. The van der Waals surface area contributed by atoms with Crippen molar-refractivity contribution >= 4 is 29.2 Å². The standard InChI is InChI=1S/C13H14ClFN2O4/c14-9-5-8(1-2-10(9)15)16-12(18)6-17-3-4-21-7-11(17)13(19)20/h1-2,5,11H,3-4,6-7H2,(H,16,18)(H,19,20). The summed E-state index contributed by atoms with van der Waals surface area (Å²) >= 11 is 5.62. The lowest BCUT2D eigenvalue weighted by molar-refractivity contribution is -0.150. The van der Waals surface area contributed by atoms with E-state index in [0.717, 1.165) is 6.07 Å². The molecule has 114 valence electrons. The van der Waals surface area contributed by atoms with Crippen molar-refractivity contribution in [2.45, 2.75) is 6.04 Å². The van der Waals surface area contributed by atoms with Gasteiger partial charge in [0.15, 0.2) is 0 Å². The molecule has 0 radical (unpaired) electrons. The molecule has 0 aliphatic carbocycles. The van der Waals surface area contributed by atoms with Gasteiger partial charge in [-0.25, -0.2) is 4.39 Å². The minimum atomic E-state index is -1.03. The number of anilines is 1. The van der Waals surface area contributed by atoms with Crippen LogP contribution in [0, 0.1) is 5.82 Å². The lowest BCUT2D eigenvalue weighted by atomic mass is 10.2. The molecule has 0 spiro atoms. The summed E-state index contributed by atoms with van der Waals surface area (Å²) < 4.78 is 18.1. The zero-order valence-corrected chi connectivity index (χ0v) is 11.8. The molecule has 0 saturated carbocycles. The molecule has 21 heavy (non-hydrogen) atoms. The summed E-state index contributed by atoms with van der Waals surface area (Å²) in [6.07, 6.45) is 0. The van der Waals surface area contributed by atoms with Gasteiger partial charge in [-0.2, -0.15) is 0 Å². The Morgan fingerprint density at radius 3 is 2.95 bits per heavy atom. The fourth-order valence-corrected chi connectivity index (χ4v) is 2.19. The smallest absolute Gasteiger partial charge is 0.323 e. The maximum absolute atomic E-state index is 13.0. The number of nitrogens with one attached hydrogen (secondary N) is 1. The topological polar surface area (TPSA) is 78.9 Å². The molecule has 1 amide bonds. The van der Waals surface area contributed by atoms with Gasteiger partial charge >= 0.3 is 5.97 Å². The monoisotopic (exact) mass is 316 g/mol. The predicted molar refractivity (Wildman–Crippen MR) is 73.9 cm³/mol. The SMILES string of the molecule is O=C(CN1CCOCC1C(=O)O)Nc1ccc(F)c(Cl)c1. The average Bonchev–Trinajstić information content (AvgIpc) is 2.43. The minimum absolute atomic E-state index is 0.0466. The van der Waals surface area contributed by atoms with E-state index < -0.39 is 23.7 Å². The first kappa shape index (κ1) is 15.7. The van der Waals surface area contributed by atoms with Gasteiger partial charge in [0.2, 0.25) is 5.91 Å². The summed E-state index contributed by atoms with van der Waals surface area (Å²) in [7, 11) is 0. The normalized spacial score (nSPS) is 19.2. The molecule has 0 aromatic heterocycles. The summed E-state index contributed by atoms with van der Waals surface area (Å²) in [6.45, 7) is 0.689. The Morgan fingerprint density at radius 1 is 1.52 bits per heavy atom. The fourth-order valence-electron chi connectivity index (χ4n) is 2.01. The van der Waals surface area contributed by atoms with Gasteiger partial charge in [-0.15, -0.1) is 0 Å². The number of carbonyl (C=O) groups is 2. The minimum Gasteiger partial charge on any atom is -0.480 e. The van der Waals surface area contributed by atoms with Crippen LogP contribution >= 0.6 is 11.6 Å². The maximum atomic E-state index is 13.0. The highest BCUT2D eigenvalue weighted by atomic mass is 35.5. The molecule has 2 N–H and O–H groups in total. The molecular weight excluding hydrogens is 303 g/mol. The summed E-state index contributed by atoms with van der Waals surface area (Å²) in [5, 5.41) is 11.5. The number of hydrogen-bond acceptors (Lipinski definition) is 4. The summed E-state index contributed by atoms with van der Waals surface area (Å²) in [5.41, 5.74) is 0.353. The number of ether oxygens (including phenoxy) is 1. The van der Waals surface area contributed by atoms with Crippen LogP contribution in [0.25, 0.3) is 0 Å². The van der Waals surface area contributed by atoms with Gasteiger partial charge in [0.05, 0.1) is 24.8 Å². The molecule has 1 aromatic carbocycles. The predicted octanol–water partition coefficient (Wildman–Crippen LogP) is 1.20. The molecule has 1 heterocycles. The van der Waals surface area contributed by atoms with Gasteiger partial charge in [0.25, 0.3) is 0 Å². The second-order valence-corrected chi connectivity index (χ2v) is 4.98. The van der Waals surface area contributed by atoms with E-state index in [1.807, 2.05) is 0 Å². The first-order valence-electron chi connectivity index (χ1n) is 6.27. The zero-order chi connectivity index (χ0) is 15.4. The van der Waals surface area contributed by atoms with E-state index in [2.05, 4.69) is 5.32 Å². The van der Waals surface area contributed by atoms with E-state index in [0.29, 0.717) is 18.8 Å². The van der Waals surface area contributed by atoms with Crippen LogP contribution in [0.4, 0.5) is 10.1 Å². The number of aliphatic carboxylic acids is 1. The number of morpholine rings is 1. The van der Waals surface area contributed by atoms with Gasteiger partial charge in [0, 0.05) is 12.2 Å². The Labute approximate surface area is 125 Å². The Hall–Kier alpha value is -1.70. The van der Waals surface area contributed by atoms with Crippen molar-refractivity contribution < 1.29 is 23.8 Å². The quantitative estimate of drug-likeness (QED) is 0.872. The number of hydrogen-bond donors (Lipinski definition) is 2. The van der Waals surface area contributed by atoms with Crippen molar-refractivity contribution in [2.75, 3.05) is 31.6 Å². The number of carboxylic acids is 1. The Balaban J connectivity index is 1.97. The molecule has 8 heteroatoms. The van der Waals surface area contributed by atoms with Crippen molar-refractivity contribution in [3.63, 3.8) is 0 Å². The summed E-state index contributed by atoms with van der Waals surface area (Å²) in [6, 6.07) is 2.98. The van der Waals surface area contributed by atoms with E-state index in [4.69, 9.17) is 21.4 Å². The first-order valence-corrected chi connectivity index (χ1v) is 6.64. The van der Waals surface area contributed by atoms with Crippen LogP contribution in [0.1, 0.15) is 0 Å². The van der Waals surface area contributed by atoms with Crippen molar-refractivity contribution in [2.24, 2.45) is 0 Å². The first-order chi connectivity index (χ1) is 9.97. The van der Waals surface area contributed by atoms with Crippen LogP contribution in [-0.4, -0.2) is 54.2 Å². The molecule has 1 saturated heterocycles. The molecule has 0 bridgehead atoms. The van der Waals surface area contributed by atoms with Crippen molar-refractivity contribution in [3.05, 3.63) is 29.0 Å². The molecule has 1 fully saturated rings. The molecule has 2 rings (SSSR count). The third-order valence-corrected chi connectivity index (χ3v) is 3.36. The van der Waals surface area contributed by atoms with E-state index in [9.17, 15) is 14.0 Å². The Morgan fingerprint density at radius 2 is 2.29 bits per heavy atom. The lowest BCUT2D eigenvalue weighted by Crippen LogP contribution is -2.52. The maximum Gasteiger partial charge on any atom is 0.323 e. The van der Waals surface area contributed by atoms with Crippen LogP contribution < -0.4 is 5.32 Å². The van der Waals surface area contributed by atoms with E-state index >= 15 is 0 Å². The molecule has 6 nitrogen and oxygen atoms in total. The van der Waals surface area contributed by atoms with Gasteiger partial charge in [-0.1, -0.05) is 11.6 Å². The molecule has 1 aliphatic rings. The number of nitrogens with zero attached hydrogens (tertiary/aromatic N) is 1. The van der Waals surface area contributed by atoms with E-state index in [1.54, 1.807) is 0 Å². The highest BCUT2D eigenvalue weighted by Gasteiger charge is 2.30. The highest BCUT2D eigenvalue weighted by Crippen LogP contribution is 2.19. The van der Waals surface area contributed by atoms with Crippen molar-refractivity contribution in [1.82, 2.24) is 4.90 Å². The fraction of sp³-hybridized carbons (Fsp3) is 0.385. The highest BCUT2D eigenvalue weighted by molar-refractivity contribution is 6.31. The van der Waals surface area contributed by atoms with Crippen LogP contribution in [0.5, 0.6) is 0 Å². The largest absolute Gasteiger partial charge is 0.480 e. The number of rotatable bonds is 4. The van der Waals surface area contributed by atoms with Crippen LogP contribution in [-0.2, 0) is 14.3 Å². The van der Waals surface area contributed by atoms with Crippen LogP contribution in [0.15, 0.2) is 18.2 Å². The van der Waals surface area contributed by atoms with Gasteiger partial charge in [-0.3, -0.25) is 14.5 Å². The number of carbonyl (C=O) groups excluding carboxylic acids is 1. The van der Waals surface area contributed by atoms with Crippen molar-refractivity contribution in [3.8, 4) is 0 Å². The average molecular weight is 317 g/mol. The van der Waals surface area contributed by atoms with E-state index in [-0.39, 0.29) is 18.2 Å². The van der Waals surface area contributed by atoms with Gasteiger partial charge in [0.1, 0.15) is 11.9 Å². The number of carboxylic acid groups (broad SMARTS) is 1. The third-order valence-electron chi connectivity index (χ3n) is 3.07. The number of halogens is 2. The summed E-state index contributed by atoms with van der Waals surface area (Å²) in [4.78, 5) is 24.5.